The van der Waals surface area contributed by atoms with Crippen LogP contribution in [0.1, 0.15) is 24.7 Å². The lowest BCUT2D eigenvalue weighted by Crippen LogP contribution is -2.34. The van der Waals surface area contributed by atoms with E-state index >= 15 is 0 Å². The first-order chi connectivity index (χ1) is 12.4. The van der Waals surface area contributed by atoms with E-state index in [1.807, 2.05) is 5.32 Å². The van der Waals surface area contributed by atoms with E-state index in [1.165, 1.54) is 6.07 Å². The molecule has 0 bridgehead atoms. The molecule has 0 fully saturated rings. The molecule has 3 aromatic rings. The average molecular weight is 305 g/mol. The van der Waals surface area contributed by atoms with Crippen molar-refractivity contribution in [1.29, 1.82) is 0 Å². The number of thiophene rings is 1. The topological polar surface area (TPSA) is 74.2 Å². The van der Waals surface area contributed by atoms with Crippen LogP contribution in [0.5, 0.6) is 5.88 Å². The Morgan fingerprint density at radius 1 is 1.52 bits per heavy atom. The molecule has 0 spiro atoms. The fourth-order valence-corrected chi connectivity index (χ4v) is 3.47. The minimum atomic E-state index is -3.11. The summed E-state index contributed by atoms with van der Waals surface area (Å²) in [5.74, 6) is -1.03. The van der Waals surface area contributed by atoms with Gasteiger partial charge in [0.1, 0.15) is 4.88 Å². The molecule has 2 aromatic heterocycles. The lowest BCUT2D eigenvalue weighted by Gasteiger charge is -2.09. The molecule has 6 heteroatoms. The van der Waals surface area contributed by atoms with Crippen molar-refractivity contribution in [3.8, 4) is 5.88 Å². The van der Waals surface area contributed by atoms with Crippen molar-refractivity contribution < 1.29 is 18.1 Å². The molecule has 1 aromatic carbocycles. The number of hydrogen-bond donors (Lipinski definition) is 3. The van der Waals surface area contributed by atoms with Crippen molar-refractivity contribution in [2.24, 2.45) is 0 Å². The standard InChI is InChI=1S/C15H13N3O2S/c1-7-6-16-13-12-8-2-5-11(19)18-9(8)3-4-10(12)21-14(13)15(20)17-7/h2-5,7,16H,6H2,1H3,(H,17,20)(H,18,19)/i1D3,6D2,7D. The third kappa shape index (κ3) is 1.83. The number of benzene rings is 1. The van der Waals surface area contributed by atoms with Gasteiger partial charge in [-0.05, 0) is 25.1 Å². The Morgan fingerprint density at radius 3 is 3.29 bits per heavy atom. The molecule has 0 saturated carbocycles. The van der Waals surface area contributed by atoms with Gasteiger partial charge in [0.05, 0.1) is 15.3 Å². The molecule has 0 aliphatic carbocycles. The van der Waals surface area contributed by atoms with E-state index in [2.05, 4.69) is 10.3 Å². The molecule has 3 N–H and O–H groups in total. The van der Waals surface area contributed by atoms with E-state index in [1.54, 1.807) is 18.2 Å². The third-order valence-corrected chi connectivity index (χ3v) is 4.42. The molecule has 0 radical (unpaired) electrons. The second kappa shape index (κ2) is 4.33. The van der Waals surface area contributed by atoms with Crippen LogP contribution in [0, 0.1) is 0 Å². The van der Waals surface area contributed by atoms with Crippen molar-refractivity contribution in [1.82, 2.24) is 10.3 Å². The van der Waals surface area contributed by atoms with Crippen LogP contribution in [-0.4, -0.2) is 28.5 Å². The maximum absolute atomic E-state index is 12.7. The number of amides is 1. The monoisotopic (exact) mass is 305 g/mol. The highest BCUT2D eigenvalue weighted by atomic mass is 32.1. The number of nitrogens with zero attached hydrogens (tertiary/aromatic N) is 1. The van der Waals surface area contributed by atoms with Crippen LogP contribution in [0.25, 0.3) is 21.0 Å². The molecule has 21 heavy (non-hydrogen) atoms. The molecular weight excluding hydrogens is 286 g/mol. The summed E-state index contributed by atoms with van der Waals surface area (Å²) in [5, 5.41) is 15.1. The van der Waals surface area contributed by atoms with Crippen LogP contribution in [0.15, 0.2) is 24.3 Å². The summed E-state index contributed by atoms with van der Waals surface area (Å²) in [6, 6.07) is 3.42. The normalized spacial score (nSPS) is 28.9. The lowest BCUT2D eigenvalue weighted by atomic mass is 10.1. The highest BCUT2D eigenvalue weighted by Crippen LogP contribution is 2.40. The number of carbonyl (C=O) groups is 1. The highest BCUT2D eigenvalue weighted by molar-refractivity contribution is 7.21. The fourth-order valence-electron chi connectivity index (χ4n) is 2.40. The van der Waals surface area contributed by atoms with Gasteiger partial charge in [0, 0.05) is 38.2 Å². The zero-order valence-corrected chi connectivity index (χ0v) is 11.3. The SMILES string of the molecule is [2H]C([2H])([2H])C1([2H])NC(=O)c2sc3ccc4nc(O)ccc4c3c2NC1([2H])[2H]. The number of fused-ring (bicyclic) bond motifs is 5. The summed E-state index contributed by atoms with van der Waals surface area (Å²) in [6.45, 7) is -5.90. The number of anilines is 1. The Bertz CT molecular complexity index is 1110. The van der Waals surface area contributed by atoms with Gasteiger partial charge in [-0.25, -0.2) is 4.98 Å². The Balaban J connectivity index is 2.03. The van der Waals surface area contributed by atoms with Crippen LogP contribution in [0.3, 0.4) is 0 Å². The number of carbonyl (C=O) groups excluding carboxylic acids is 1. The van der Waals surface area contributed by atoms with Crippen LogP contribution in [-0.2, 0) is 0 Å². The van der Waals surface area contributed by atoms with E-state index < -0.39 is 25.3 Å². The summed E-state index contributed by atoms with van der Waals surface area (Å²) >= 11 is 1.05. The molecule has 1 aliphatic rings. The van der Waals surface area contributed by atoms with Gasteiger partial charge in [0.15, 0.2) is 0 Å². The van der Waals surface area contributed by atoms with Gasteiger partial charge in [0.25, 0.3) is 5.91 Å². The molecular formula is C15H13N3O2S. The van der Waals surface area contributed by atoms with E-state index in [0.29, 0.717) is 21.0 Å². The van der Waals surface area contributed by atoms with Gasteiger partial charge in [0.2, 0.25) is 5.88 Å². The fraction of sp³-hybridized carbons (Fsp3) is 0.200. The van der Waals surface area contributed by atoms with Crippen molar-refractivity contribution in [2.75, 3.05) is 11.8 Å². The predicted octanol–water partition coefficient (Wildman–Crippen LogP) is 2.70. The second-order valence-electron chi connectivity index (χ2n) is 4.56. The first-order valence-corrected chi connectivity index (χ1v) is 6.92. The quantitative estimate of drug-likeness (QED) is 0.597. The first-order valence-electron chi connectivity index (χ1n) is 9.10. The van der Waals surface area contributed by atoms with Gasteiger partial charge < -0.3 is 15.7 Å². The Hall–Kier alpha value is -2.34. The minimum Gasteiger partial charge on any atom is -0.493 e. The third-order valence-electron chi connectivity index (χ3n) is 3.26. The number of rotatable bonds is 0. The number of pyridine rings is 1. The van der Waals surface area contributed by atoms with Gasteiger partial charge in [-0.15, -0.1) is 11.3 Å². The maximum atomic E-state index is 12.7. The predicted molar refractivity (Wildman–Crippen MR) is 84.2 cm³/mol. The van der Waals surface area contributed by atoms with Gasteiger partial charge in [-0.1, -0.05) is 0 Å². The summed E-state index contributed by atoms with van der Waals surface area (Å²) in [4.78, 5) is 16.8. The van der Waals surface area contributed by atoms with Crippen molar-refractivity contribution >= 4 is 43.9 Å². The summed E-state index contributed by atoms with van der Waals surface area (Å²) < 4.78 is 47.9. The summed E-state index contributed by atoms with van der Waals surface area (Å²) in [6.07, 6.45) is 0. The highest BCUT2D eigenvalue weighted by Gasteiger charge is 2.24. The van der Waals surface area contributed by atoms with Crippen molar-refractivity contribution in [3.05, 3.63) is 29.1 Å². The summed E-state index contributed by atoms with van der Waals surface area (Å²) in [7, 11) is 0. The van der Waals surface area contributed by atoms with Crippen molar-refractivity contribution in [2.45, 2.75) is 12.9 Å². The molecule has 1 unspecified atom stereocenters. The van der Waals surface area contributed by atoms with Gasteiger partial charge >= 0.3 is 0 Å². The molecule has 4 rings (SSSR count). The van der Waals surface area contributed by atoms with Gasteiger partial charge in [-0.3, -0.25) is 4.79 Å². The van der Waals surface area contributed by atoms with E-state index in [-0.39, 0.29) is 16.4 Å². The second-order valence-corrected chi connectivity index (χ2v) is 5.61. The lowest BCUT2D eigenvalue weighted by molar-refractivity contribution is 0.0949. The van der Waals surface area contributed by atoms with Crippen LogP contribution < -0.4 is 10.6 Å². The molecule has 3 heterocycles. The maximum Gasteiger partial charge on any atom is 0.263 e. The molecule has 1 amide bonds. The Morgan fingerprint density at radius 2 is 2.43 bits per heavy atom. The van der Waals surface area contributed by atoms with Crippen molar-refractivity contribution in [3.63, 3.8) is 0 Å². The number of hydrogen-bond acceptors (Lipinski definition) is 5. The minimum absolute atomic E-state index is 0.0767. The number of aromatic hydroxyl groups is 1. The smallest absolute Gasteiger partial charge is 0.263 e. The van der Waals surface area contributed by atoms with Gasteiger partial charge in [-0.2, -0.15) is 0 Å². The largest absolute Gasteiger partial charge is 0.493 e. The van der Waals surface area contributed by atoms with E-state index in [0.717, 1.165) is 11.3 Å². The molecule has 1 aliphatic heterocycles. The Kier molecular flexibility index (Phi) is 1.57. The average Bonchev–Trinajstić information content (AvgIpc) is 2.88. The zero-order chi connectivity index (χ0) is 19.8. The van der Waals surface area contributed by atoms with Crippen LogP contribution in [0.4, 0.5) is 5.69 Å². The Labute approximate surface area is 133 Å². The summed E-state index contributed by atoms with van der Waals surface area (Å²) in [5.41, 5.74) is 0.539. The molecule has 5 nitrogen and oxygen atoms in total. The number of nitrogens with one attached hydrogen (secondary N) is 2. The number of aromatic nitrogens is 1. The first kappa shape index (κ1) is 7.61. The molecule has 106 valence electrons. The van der Waals surface area contributed by atoms with Crippen LogP contribution in [0.2, 0.25) is 0 Å². The molecule has 1 atom stereocenters. The zero-order valence-electron chi connectivity index (χ0n) is 16.5. The molecule has 0 saturated heterocycles. The van der Waals surface area contributed by atoms with E-state index in [4.69, 9.17) is 8.22 Å². The van der Waals surface area contributed by atoms with E-state index in [9.17, 15) is 9.90 Å². The van der Waals surface area contributed by atoms with Crippen LogP contribution >= 0.6 is 11.3 Å².